The Bertz CT molecular complexity index is 684. The van der Waals surface area contributed by atoms with E-state index in [2.05, 4.69) is 0 Å². The van der Waals surface area contributed by atoms with Crippen molar-refractivity contribution in [1.82, 2.24) is 0 Å². The Labute approximate surface area is 172 Å². The van der Waals surface area contributed by atoms with Gasteiger partial charge in [0.1, 0.15) is 42.7 Å². The van der Waals surface area contributed by atoms with E-state index in [0.29, 0.717) is 0 Å². The molecule has 0 radical (unpaired) electrons. The first-order valence-electron chi connectivity index (χ1n) is 9.50. The Morgan fingerprint density at radius 2 is 1.60 bits per heavy atom. The molecule has 2 aliphatic rings. The average Bonchev–Trinajstić information content (AvgIpc) is 2.77. The number of benzene rings is 1. The number of carbonyl (C=O) groups excluding carboxylic acids is 1. The SMILES string of the molecule is O=C(OC1C(CO)OC(OC2CO[C@H](CO)C(O)C2O)C(O)C1O)c1ccccc1. The molecule has 1 aromatic carbocycles. The number of ether oxygens (including phenoxy) is 4. The van der Waals surface area contributed by atoms with Gasteiger partial charge in [-0.15, -0.1) is 0 Å². The summed E-state index contributed by atoms with van der Waals surface area (Å²) in [4.78, 5) is 12.3. The zero-order valence-electron chi connectivity index (χ0n) is 15.9. The van der Waals surface area contributed by atoms with Gasteiger partial charge in [-0.2, -0.15) is 0 Å². The number of esters is 1. The molecule has 0 amide bonds. The lowest BCUT2D eigenvalue weighted by Gasteiger charge is -2.44. The summed E-state index contributed by atoms with van der Waals surface area (Å²) in [7, 11) is 0. The summed E-state index contributed by atoms with van der Waals surface area (Å²) in [5.74, 6) is -0.775. The second kappa shape index (κ2) is 10.1. The van der Waals surface area contributed by atoms with Crippen LogP contribution in [-0.2, 0) is 18.9 Å². The topological polar surface area (TPSA) is 175 Å². The molecule has 0 aromatic heterocycles. The molecular formula is C19H26O11. The maximum atomic E-state index is 12.3. The highest BCUT2D eigenvalue weighted by molar-refractivity contribution is 5.89. The smallest absolute Gasteiger partial charge is 0.338 e. The minimum absolute atomic E-state index is 0.212. The predicted octanol–water partition coefficient (Wildman–Crippen LogP) is -2.85. The summed E-state index contributed by atoms with van der Waals surface area (Å²) in [6, 6.07) is 7.97. The zero-order valence-corrected chi connectivity index (χ0v) is 15.9. The van der Waals surface area contributed by atoms with Gasteiger partial charge < -0.3 is 49.6 Å². The van der Waals surface area contributed by atoms with Gasteiger partial charge >= 0.3 is 5.97 Å². The molecular weight excluding hydrogens is 404 g/mol. The largest absolute Gasteiger partial charge is 0.453 e. The summed E-state index contributed by atoms with van der Waals surface area (Å²) in [6.07, 6.45) is -12.5. The second-order valence-corrected chi connectivity index (χ2v) is 7.15. The normalized spacial score (nSPS) is 39.5. The van der Waals surface area contributed by atoms with Gasteiger partial charge in [0.2, 0.25) is 0 Å². The predicted molar refractivity (Wildman–Crippen MR) is 97.1 cm³/mol. The number of carbonyl (C=O) groups is 1. The van der Waals surface area contributed by atoms with Crippen molar-refractivity contribution in [2.75, 3.05) is 19.8 Å². The highest BCUT2D eigenvalue weighted by Gasteiger charge is 2.49. The van der Waals surface area contributed by atoms with Gasteiger partial charge in [-0.1, -0.05) is 18.2 Å². The average molecular weight is 430 g/mol. The van der Waals surface area contributed by atoms with Crippen LogP contribution in [0.15, 0.2) is 30.3 Å². The van der Waals surface area contributed by atoms with Crippen LogP contribution in [0.2, 0.25) is 0 Å². The van der Waals surface area contributed by atoms with Gasteiger partial charge in [-0.25, -0.2) is 4.79 Å². The summed E-state index contributed by atoms with van der Waals surface area (Å²) in [5.41, 5.74) is 0.212. The third kappa shape index (κ3) is 4.80. The van der Waals surface area contributed by atoms with Crippen LogP contribution >= 0.6 is 0 Å². The first-order chi connectivity index (χ1) is 14.4. The Balaban J connectivity index is 1.66. The maximum absolute atomic E-state index is 12.3. The molecule has 0 aliphatic carbocycles. The molecule has 1 aromatic rings. The molecule has 6 N–H and O–H groups in total. The molecule has 2 fully saturated rings. The van der Waals surface area contributed by atoms with Crippen molar-refractivity contribution in [3.05, 3.63) is 35.9 Å². The summed E-state index contributed by atoms with van der Waals surface area (Å²) in [5, 5.41) is 59.7. The third-order valence-electron chi connectivity index (χ3n) is 5.15. The minimum Gasteiger partial charge on any atom is -0.453 e. The van der Waals surface area contributed by atoms with Crippen LogP contribution < -0.4 is 0 Å². The number of aliphatic hydroxyl groups is 6. The fraction of sp³-hybridized carbons (Fsp3) is 0.632. The van der Waals surface area contributed by atoms with E-state index in [9.17, 15) is 30.3 Å². The van der Waals surface area contributed by atoms with E-state index in [4.69, 9.17) is 24.1 Å². The van der Waals surface area contributed by atoms with Crippen molar-refractivity contribution in [3.8, 4) is 0 Å². The van der Waals surface area contributed by atoms with E-state index < -0.39 is 74.3 Å². The van der Waals surface area contributed by atoms with E-state index in [0.717, 1.165) is 0 Å². The van der Waals surface area contributed by atoms with E-state index in [1.165, 1.54) is 12.1 Å². The summed E-state index contributed by atoms with van der Waals surface area (Å²) in [6.45, 7) is -1.38. The van der Waals surface area contributed by atoms with E-state index in [-0.39, 0.29) is 12.2 Å². The highest BCUT2D eigenvalue weighted by Crippen LogP contribution is 2.28. The van der Waals surface area contributed by atoms with Crippen LogP contribution in [0.4, 0.5) is 0 Å². The Kier molecular flexibility index (Phi) is 7.74. The molecule has 11 nitrogen and oxygen atoms in total. The third-order valence-corrected chi connectivity index (χ3v) is 5.15. The van der Waals surface area contributed by atoms with E-state index in [1.54, 1.807) is 18.2 Å². The lowest BCUT2D eigenvalue weighted by Crippen LogP contribution is -2.63. The fourth-order valence-electron chi connectivity index (χ4n) is 3.38. The van der Waals surface area contributed by atoms with Gasteiger partial charge in [-0.05, 0) is 12.1 Å². The lowest BCUT2D eigenvalue weighted by atomic mass is 9.97. The molecule has 8 unspecified atom stereocenters. The Morgan fingerprint density at radius 1 is 0.933 bits per heavy atom. The second-order valence-electron chi connectivity index (χ2n) is 7.15. The van der Waals surface area contributed by atoms with E-state index in [1.807, 2.05) is 0 Å². The Hall–Kier alpha value is -1.67. The van der Waals surface area contributed by atoms with Gasteiger partial charge in [0.05, 0.1) is 25.4 Å². The molecule has 2 heterocycles. The van der Waals surface area contributed by atoms with Crippen molar-refractivity contribution in [1.29, 1.82) is 0 Å². The summed E-state index contributed by atoms with van der Waals surface area (Å²) >= 11 is 0. The maximum Gasteiger partial charge on any atom is 0.338 e. The van der Waals surface area contributed by atoms with Crippen molar-refractivity contribution < 1.29 is 54.4 Å². The zero-order chi connectivity index (χ0) is 21.8. The first kappa shape index (κ1) is 23.0. The number of hydrogen-bond donors (Lipinski definition) is 6. The molecule has 168 valence electrons. The fourth-order valence-corrected chi connectivity index (χ4v) is 3.38. The molecule has 2 saturated heterocycles. The van der Waals surface area contributed by atoms with Crippen molar-refractivity contribution in [3.63, 3.8) is 0 Å². The van der Waals surface area contributed by atoms with Gasteiger partial charge in [0.15, 0.2) is 12.4 Å². The van der Waals surface area contributed by atoms with Gasteiger partial charge in [-0.3, -0.25) is 0 Å². The van der Waals surface area contributed by atoms with Gasteiger partial charge in [0, 0.05) is 0 Å². The molecule has 3 rings (SSSR count). The number of aliphatic hydroxyl groups excluding tert-OH is 6. The number of rotatable bonds is 6. The van der Waals surface area contributed by atoms with E-state index >= 15 is 0 Å². The minimum atomic E-state index is -1.69. The van der Waals surface area contributed by atoms with Crippen LogP contribution in [0.3, 0.4) is 0 Å². The van der Waals surface area contributed by atoms with Crippen LogP contribution in [0.5, 0.6) is 0 Å². The number of hydrogen-bond acceptors (Lipinski definition) is 11. The molecule has 0 spiro atoms. The monoisotopic (exact) mass is 430 g/mol. The van der Waals surface area contributed by atoms with Crippen molar-refractivity contribution in [2.45, 2.75) is 55.1 Å². The first-order valence-corrected chi connectivity index (χ1v) is 9.50. The molecule has 0 bridgehead atoms. The van der Waals surface area contributed by atoms with Crippen LogP contribution in [0.1, 0.15) is 10.4 Å². The molecule has 30 heavy (non-hydrogen) atoms. The summed E-state index contributed by atoms with van der Waals surface area (Å²) < 4.78 is 21.3. The molecule has 11 heteroatoms. The van der Waals surface area contributed by atoms with Crippen LogP contribution in [0, 0.1) is 0 Å². The molecule has 0 saturated carbocycles. The quantitative estimate of drug-likeness (QED) is 0.256. The van der Waals surface area contributed by atoms with Crippen molar-refractivity contribution in [2.24, 2.45) is 0 Å². The van der Waals surface area contributed by atoms with Crippen molar-refractivity contribution >= 4 is 5.97 Å². The molecule has 9 atom stereocenters. The lowest BCUT2D eigenvalue weighted by molar-refractivity contribution is -0.331. The van der Waals surface area contributed by atoms with Crippen LogP contribution in [-0.4, -0.2) is 112 Å². The standard InChI is InChI=1S/C19H26O11/c20-6-10-13(22)14(23)12(8-27-10)29-19-16(25)15(24)17(11(7-21)28-19)30-18(26)9-4-2-1-3-5-9/h1-5,10-17,19-25H,6-8H2/t10-,11?,12?,13?,14?,15?,16?,17?,19?/m1/s1. The van der Waals surface area contributed by atoms with Crippen LogP contribution in [0.25, 0.3) is 0 Å². The molecule has 2 aliphatic heterocycles. The van der Waals surface area contributed by atoms with Gasteiger partial charge in [0.25, 0.3) is 0 Å². The highest BCUT2D eigenvalue weighted by atomic mass is 16.7. The Morgan fingerprint density at radius 3 is 2.23 bits per heavy atom.